The van der Waals surface area contributed by atoms with Gasteiger partial charge in [0.1, 0.15) is 5.69 Å². The van der Waals surface area contributed by atoms with Crippen LogP contribution in [0.1, 0.15) is 30.1 Å². The van der Waals surface area contributed by atoms with Gasteiger partial charge in [-0.1, -0.05) is 12.1 Å². The number of pyridine rings is 1. The number of hydrogen-bond donors (Lipinski definition) is 1. The van der Waals surface area contributed by atoms with Gasteiger partial charge in [0, 0.05) is 42.9 Å². The Morgan fingerprint density at radius 3 is 2.76 bits per heavy atom. The summed E-state index contributed by atoms with van der Waals surface area (Å²) < 4.78 is 3.70. The molecule has 0 spiro atoms. The molecular weight excluding hydrogens is 432 g/mol. The highest BCUT2D eigenvalue weighted by Crippen LogP contribution is 2.25. The number of rotatable bonds is 4. The molecule has 1 N–H and O–H groups in total. The zero-order chi connectivity index (χ0) is 23.1. The molecule has 10 heteroatoms. The quantitative estimate of drug-likeness (QED) is 0.442. The summed E-state index contributed by atoms with van der Waals surface area (Å²) in [7, 11) is 0. The second kappa shape index (κ2) is 8.22. The third kappa shape index (κ3) is 3.72. The average Bonchev–Trinajstić information content (AvgIpc) is 3.52. The standard InChI is InChI=1S/C24H22N8O2/c33-24(34)30-8-5-19(6-9-30)31-15-18(12-28-31)22-14-27-23-26-13-20(32(23)29-22)11-16-3-4-21-17(10-16)2-1-7-25-21/h1-4,7,10,12-15,19H,5-6,8-9,11H2,(H,33,34). The molecule has 0 saturated carbocycles. The van der Waals surface area contributed by atoms with Gasteiger partial charge in [0.25, 0.3) is 5.78 Å². The number of fused-ring (bicyclic) bond motifs is 2. The zero-order valence-corrected chi connectivity index (χ0v) is 18.3. The van der Waals surface area contributed by atoms with E-state index in [9.17, 15) is 4.79 Å². The third-order valence-electron chi connectivity index (χ3n) is 6.36. The van der Waals surface area contributed by atoms with Crippen LogP contribution < -0.4 is 0 Å². The first-order valence-corrected chi connectivity index (χ1v) is 11.2. The van der Waals surface area contributed by atoms with Gasteiger partial charge in [-0.15, -0.1) is 0 Å². The van der Waals surface area contributed by atoms with Gasteiger partial charge in [-0.05, 0) is 36.6 Å². The van der Waals surface area contributed by atoms with Gasteiger partial charge in [-0.2, -0.15) is 10.2 Å². The highest BCUT2D eigenvalue weighted by atomic mass is 16.4. The Labute approximate surface area is 194 Å². The Morgan fingerprint density at radius 2 is 1.91 bits per heavy atom. The molecule has 1 amide bonds. The van der Waals surface area contributed by atoms with Crippen LogP contribution in [0.4, 0.5) is 4.79 Å². The molecule has 0 aliphatic carbocycles. The summed E-state index contributed by atoms with van der Waals surface area (Å²) >= 11 is 0. The number of hydrogen-bond acceptors (Lipinski definition) is 6. The molecule has 0 bridgehead atoms. The molecule has 4 aromatic heterocycles. The van der Waals surface area contributed by atoms with Crippen molar-refractivity contribution in [2.24, 2.45) is 0 Å². The highest BCUT2D eigenvalue weighted by molar-refractivity contribution is 5.79. The van der Waals surface area contributed by atoms with Crippen LogP contribution in [0.25, 0.3) is 27.9 Å². The molecule has 0 radical (unpaired) electrons. The number of imidazole rings is 1. The normalized spacial score (nSPS) is 14.8. The van der Waals surface area contributed by atoms with Crippen LogP contribution in [0.5, 0.6) is 0 Å². The maximum atomic E-state index is 11.2. The van der Waals surface area contributed by atoms with Crippen molar-refractivity contribution < 1.29 is 9.90 Å². The monoisotopic (exact) mass is 454 g/mol. The molecule has 10 nitrogen and oxygen atoms in total. The number of carboxylic acid groups (broad SMARTS) is 1. The van der Waals surface area contributed by atoms with Crippen LogP contribution in [0.2, 0.25) is 0 Å². The van der Waals surface area contributed by atoms with Gasteiger partial charge in [-0.25, -0.2) is 19.3 Å². The van der Waals surface area contributed by atoms with E-state index in [1.807, 2.05) is 29.2 Å². The highest BCUT2D eigenvalue weighted by Gasteiger charge is 2.24. The van der Waals surface area contributed by atoms with Crippen molar-refractivity contribution in [1.29, 1.82) is 0 Å². The number of aromatic nitrogens is 7. The molecule has 1 aromatic carbocycles. The fraction of sp³-hybridized carbons (Fsp3) is 0.250. The van der Waals surface area contributed by atoms with E-state index in [0.29, 0.717) is 31.0 Å². The Hall–Kier alpha value is -4.34. The van der Waals surface area contributed by atoms with E-state index in [2.05, 4.69) is 38.2 Å². The lowest BCUT2D eigenvalue weighted by Crippen LogP contribution is -2.38. The Kier molecular flexibility index (Phi) is 4.90. The minimum Gasteiger partial charge on any atom is -0.465 e. The van der Waals surface area contributed by atoms with Crippen LogP contribution >= 0.6 is 0 Å². The summed E-state index contributed by atoms with van der Waals surface area (Å²) in [5.41, 5.74) is 4.64. The smallest absolute Gasteiger partial charge is 0.407 e. The number of carbonyl (C=O) groups is 1. The fourth-order valence-electron chi connectivity index (χ4n) is 4.51. The maximum Gasteiger partial charge on any atom is 0.407 e. The predicted molar refractivity (Wildman–Crippen MR) is 124 cm³/mol. The van der Waals surface area contributed by atoms with Crippen LogP contribution in [-0.2, 0) is 6.42 Å². The number of benzene rings is 1. The second-order valence-electron chi connectivity index (χ2n) is 8.52. The lowest BCUT2D eigenvalue weighted by atomic mass is 10.1. The molecule has 5 aromatic rings. The van der Waals surface area contributed by atoms with Crippen molar-refractivity contribution in [1.82, 2.24) is 39.2 Å². The summed E-state index contributed by atoms with van der Waals surface area (Å²) in [5.74, 6) is 0.551. The second-order valence-corrected chi connectivity index (χ2v) is 8.52. The van der Waals surface area contributed by atoms with E-state index in [1.54, 1.807) is 23.1 Å². The molecule has 1 aliphatic rings. The molecule has 0 unspecified atom stereocenters. The van der Waals surface area contributed by atoms with Gasteiger partial charge >= 0.3 is 6.09 Å². The number of nitrogens with zero attached hydrogens (tertiary/aromatic N) is 8. The van der Waals surface area contributed by atoms with Gasteiger partial charge in [-0.3, -0.25) is 9.67 Å². The molecule has 1 fully saturated rings. The molecule has 1 aliphatic heterocycles. The number of piperidine rings is 1. The van der Waals surface area contributed by atoms with Gasteiger partial charge in [0.2, 0.25) is 0 Å². The minimum atomic E-state index is -0.861. The minimum absolute atomic E-state index is 0.173. The van der Waals surface area contributed by atoms with Crippen molar-refractivity contribution in [3.05, 3.63) is 72.6 Å². The molecule has 5 heterocycles. The Balaban J connectivity index is 1.25. The van der Waals surface area contributed by atoms with Crippen molar-refractivity contribution >= 4 is 22.8 Å². The molecule has 0 atom stereocenters. The van der Waals surface area contributed by atoms with Gasteiger partial charge in [0.05, 0.1) is 35.8 Å². The van der Waals surface area contributed by atoms with E-state index in [0.717, 1.165) is 40.6 Å². The Bertz CT molecular complexity index is 1500. The maximum absolute atomic E-state index is 11.2. The summed E-state index contributed by atoms with van der Waals surface area (Å²) in [4.78, 5) is 25.9. The van der Waals surface area contributed by atoms with Crippen molar-refractivity contribution in [2.75, 3.05) is 13.1 Å². The average molecular weight is 454 g/mol. The van der Waals surface area contributed by atoms with Crippen LogP contribution in [-0.4, -0.2) is 63.5 Å². The molecule has 34 heavy (non-hydrogen) atoms. The van der Waals surface area contributed by atoms with Crippen molar-refractivity contribution in [3.63, 3.8) is 0 Å². The van der Waals surface area contributed by atoms with E-state index < -0.39 is 6.09 Å². The fourth-order valence-corrected chi connectivity index (χ4v) is 4.51. The molecule has 1 saturated heterocycles. The Morgan fingerprint density at radius 1 is 1.06 bits per heavy atom. The van der Waals surface area contributed by atoms with Gasteiger partial charge in [0.15, 0.2) is 0 Å². The summed E-state index contributed by atoms with van der Waals surface area (Å²) in [5, 5.41) is 19.6. The molecule has 170 valence electrons. The number of amides is 1. The summed E-state index contributed by atoms with van der Waals surface area (Å²) in [6.45, 7) is 1.04. The first-order chi connectivity index (χ1) is 16.6. The lowest BCUT2D eigenvalue weighted by Gasteiger charge is -2.29. The van der Waals surface area contributed by atoms with E-state index in [1.165, 1.54) is 4.90 Å². The SMILES string of the molecule is O=C(O)N1CCC(n2cc(-c3cnc4ncc(Cc5ccc6ncccc6c5)n4n3)cn2)CC1. The van der Waals surface area contributed by atoms with Gasteiger partial charge < -0.3 is 10.0 Å². The first kappa shape index (κ1) is 20.3. The van der Waals surface area contributed by atoms with E-state index >= 15 is 0 Å². The van der Waals surface area contributed by atoms with E-state index in [4.69, 9.17) is 10.2 Å². The summed E-state index contributed by atoms with van der Waals surface area (Å²) in [6, 6.07) is 10.4. The zero-order valence-electron chi connectivity index (χ0n) is 18.3. The van der Waals surface area contributed by atoms with Crippen molar-refractivity contribution in [2.45, 2.75) is 25.3 Å². The molecular formula is C24H22N8O2. The van der Waals surface area contributed by atoms with E-state index in [-0.39, 0.29) is 6.04 Å². The molecule has 6 rings (SSSR count). The largest absolute Gasteiger partial charge is 0.465 e. The van der Waals surface area contributed by atoms with Crippen LogP contribution in [0, 0.1) is 0 Å². The third-order valence-corrected chi connectivity index (χ3v) is 6.36. The first-order valence-electron chi connectivity index (χ1n) is 11.2. The predicted octanol–water partition coefficient (Wildman–Crippen LogP) is 3.44. The summed E-state index contributed by atoms with van der Waals surface area (Å²) in [6.07, 6.45) is 10.4. The lowest BCUT2D eigenvalue weighted by molar-refractivity contribution is 0.124. The topological polar surface area (TPSA) is 114 Å². The van der Waals surface area contributed by atoms with Crippen LogP contribution in [0.15, 0.2) is 61.3 Å². The number of likely N-dealkylation sites (tertiary alicyclic amines) is 1. The van der Waals surface area contributed by atoms with Crippen LogP contribution in [0.3, 0.4) is 0 Å². The van der Waals surface area contributed by atoms with Crippen molar-refractivity contribution in [3.8, 4) is 11.3 Å².